The fourth-order valence-corrected chi connectivity index (χ4v) is 2.98. The van der Waals surface area contributed by atoms with Gasteiger partial charge in [-0.3, -0.25) is 19.3 Å². The summed E-state index contributed by atoms with van der Waals surface area (Å²) in [7, 11) is 1.56. The van der Waals surface area contributed by atoms with Crippen molar-refractivity contribution in [3.05, 3.63) is 64.2 Å². The Morgan fingerprint density at radius 2 is 1.85 bits per heavy atom. The highest BCUT2D eigenvalue weighted by Crippen LogP contribution is 2.25. The molecule has 3 amide bonds. The third-order valence-electron chi connectivity index (χ3n) is 4.16. The Balaban J connectivity index is 1.57. The zero-order valence-electron chi connectivity index (χ0n) is 14.1. The van der Waals surface area contributed by atoms with Gasteiger partial charge < -0.3 is 10.1 Å². The van der Waals surface area contributed by atoms with E-state index in [1.807, 2.05) is 24.3 Å². The van der Waals surface area contributed by atoms with Crippen LogP contribution in [0.5, 0.6) is 5.75 Å². The number of rotatable bonds is 6. The molecular weight excluding hydrogens is 356 g/mol. The predicted octanol–water partition coefficient (Wildman–Crippen LogP) is 2.65. The maximum absolute atomic E-state index is 12.3. The second-order valence-electron chi connectivity index (χ2n) is 5.79. The number of para-hydroxylation sites is 1. The number of hydrogen-bond acceptors (Lipinski definition) is 4. The second-order valence-corrected chi connectivity index (χ2v) is 6.23. The van der Waals surface area contributed by atoms with Crippen molar-refractivity contribution in [2.75, 3.05) is 13.7 Å². The zero-order chi connectivity index (χ0) is 18.7. The number of nitrogens with one attached hydrogen (secondary N) is 1. The van der Waals surface area contributed by atoms with Gasteiger partial charge in [0.15, 0.2) is 0 Å². The third-order valence-corrected chi connectivity index (χ3v) is 4.40. The van der Waals surface area contributed by atoms with Crippen molar-refractivity contribution in [3.63, 3.8) is 0 Å². The van der Waals surface area contributed by atoms with Gasteiger partial charge in [-0.2, -0.15) is 0 Å². The fourth-order valence-electron chi connectivity index (χ4n) is 2.81. The zero-order valence-corrected chi connectivity index (χ0v) is 14.9. The molecule has 2 aromatic rings. The van der Waals surface area contributed by atoms with Crippen LogP contribution in [0.1, 0.15) is 32.7 Å². The van der Waals surface area contributed by atoms with Gasteiger partial charge in [-0.1, -0.05) is 29.8 Å². The molecule has 26 heavy (non-hydrogen) atoms. The number of halogens is 1. The number of ether oxygens (including phenoxy) is 1. The van der Waals surface area contributed by atoms with Crippen LogP contribution in [0.2, 0.25) is 5.02 Å². The van der Waals surface area contributed by atoms with Crippen LogP contribution in [0.3, 0.4) is 0 Å². The highest BCUT2D eigenvalue weighted by molar-refractivity contribution is 6.32. The van der Waals surface area contributed by atoms with Crippen molar-refractivity contribution in [3.8, 4) is 5.75 Å². The summed E-state index contributed by atoms with van der Waals surface area (Å²) in [6, 6.07) is 11.9. The average molecular weight is 373 g/mol. The van der Waals surface area contributed by atoms with Gasteiger partial charge in [-0.25, -0.2) is 0 Å². The summed E-state index contributed by atoms with van der Waals surface area (Å²) in [5.41, 5.74) is 1.43. The van der Waals surface area contributed by atoms with Crippen molar-refractivity contribution in [1.82, 2.24) is 10.2 Å². The number of imide groups is 1. The lowest BCUT2D eigenvalue weighted by Gasteiger charge is -2.14. The van der Waals surface area contributed by atoms with E-state index in [1.165, 1.54) is 12.1 Å². The van der Waals surface area contributed by atoms with Crippen LogP contribution in [0.15, 0.2) is 42.5 Å². The number of hydrogen-bond donors (Lipinski definition) is 1. The van der Waals surface area contributed by atoms with E-state index in [-0.39, 0.29) is 24.4 Å². The number of benzene rings is 2. The lowest BCUT2D eigenvalue weighted by Crippen LogP contribution is -2.34. The largest absolute Gasteiger partial charge is 0.496 e. The molecule has 0 atom stereocenters. The minimum absolute atomic E-state index is 0.0156. The molecule has 0 bridgehead atoms. The Hall–Kier alpha value is -2.86. The van der Waals surface area contributed by atoms with Crippen LogP contribution < -0.4 is 10.1 Å². The van der Waals surface area contributed by atoms with Crippen LogP contribution in [0.25, 0.3) is 0 Å². The van der Waals surface area contributed by atoms with Crippen LogP contribution in [0.4, 0.5) is 0 Å². The van der Waals surface area contributed by atoms with Crippen molar-refractivity contribution in [1.29, 1.82) is 0 Å². The first kappa shape index (κ1) is 17.9. The van der Waals surface area contributed by atoms with E-state index in [0.29, 0.717) is 22.9 Å². The number of carbonyl (C=O) groups excluding carboxylic acids is 3. The van der Waals surface area contributed by atoms with Gasteiger partial charge in [-0.05, 0) is 24.3 Å². The van der Waals surface area contributed by atoms with E-state index in [4.69, 9.17) is 16.3 Å². The first-order valence-electron chi connectivity index (χ1n) is 8.05. The molecule has 1 aliphatic rings. The highest BCUT2D eigenvalue weighted by Gasteiger charge is 2.35. The van der Waals surface area contributed by atoms with Gasteiger partial charge in [0.2, 0.25) is 5.91 Å². The van der Waals surface area contributed by atoms with Crippen molar-refractivity contribution < 1.29 is 19.1 Å². The lowest BCUT2D eigenvalue weighted by molar-refractivity contribution is -0.121. The SMILES string of the molecule is COc1ccccc1CNC(=O)CCN1C(=O)c2ccc(Cl)cc2C1=O. The summed E-state index contributed by atoms with van der Waals surface area (Å²) in [5, 5.41) is 3.16. The third kappa shape index (κ3) is 3.55. The summed E-state index contributed by atoms with van der Waals surface area (Å²) < 4.78 is 5.23. The summed E-state index contributed by atoms with van der Waals surface area (Å²) in [6.07, 6.45) is 0.0222. The Morgan fingerprint density at radius 3 is 2.62 bits per heavy atom. The van der Waals surface area contributed by atoms with Gasteiger partial charge in [0.25, 0.3) is 11.8 Å². The summed E-state index contributed by atoms with van der Waals surface area (Å²) in [5.74, 6) is -0.403. The molecule has 0 aromatic heterocycles. The van der Waals surface area contributed by atoms with Gasteiger partial charge in [0.1, 0.15) is 5.75 Å². The van der Waals surface area contributed by atoms with Crippen LogP contribution in [0, 0.1) is 0 Å². The molecule has 1 heterocycles. The molecule has 134 valence electrons. The first-order chi connectivity index (χ1) is 12.5. The van der Waals surface area contributed by atoms with Crippen molar-refractivity contribution in [2.45, 2.75) is 13.0 Å². The number of fused-ring (bicyclic) bond motifs is 1. The Kier molecular flexibility index (Phi) is 5.23. The Bertz CT molecular complexity index is 882. The van der Waals surface area contributed by atoms with Gasteiger partial charge in [0.05, 0.1) is 18.2 Å². The standard InChI is InChI=1S/C19H17ClN2O4/c1-26-16-5-3-2-4-12(16)11-21-17(23)8-9-22-18(24)14-7-6-13(20)10-15(14)19(22)25/h2-7,10H,8-9,11H2,1H3,(H,21,23). The molecule has 3 rings (SSSR count). The monoisotopic (exact) mass is 372 g/mol. The fraction of sp³-hybridized carbons (Fsp3) is 0.211. The van der Waals surface area contributed by atoms with E-state index < -0.39 is 11.8 Å². The predicted molar refractivity (Wildman–Crippen MR) is 96.3 cm³/mol. The molecular formula is C19H17ClN2O4. The molecule has 6 nitrogen and oxygen atoms in total. The number of nitrogens with zero attached hydrogens (tertiary/aromatic N) is 1. The van der Waals surface area contributed by atoms with E-state index in [2.05, 4.69) is 5.32 Å². The number of amides is 3. The molecule has 7 heteroatoms. The first-order valence-corrected chi connectivity index (χ1v) is 8.43. The average Bonchev–Trinajstić information content (AvgIpc) is 2.88. The summed E-state index contributed by atoms with van der Waals surface area (Å²) in [4.78, 5) is 37.8. The number of methoxy groups -OCH3 is 1. The van der Waals surface area contributed by atoms with E-state index in [1.54, 1.807) is 13.2 Å². The van der Waals surface area contributed by atoms with Crippen LogP contribution >= 0.6 is 11.6 Å². The molecule has 0 saturated carbocycles. The summed E-state index contributed by atoms with van der Waals surface area (Å²) >= 11 is 5.88. The molecule has 1 aliphatic heterocycles. The van der Waals surface area contributed by atoms with E-state index in [0.717, 1.165) is 10.5 Å². The molecule has 0 saturated heterocycles. The maximum atomic E-state index is 12.3. The molecule has 0 fully saturated rings. The second kappa shape index (κ2) is 7.58. The maximum Gasteiger partial charge on any atom is 0.261 e. The molecule has 0 spiro atoms. The van der Waals surface area contributed by atoms with Crippen LogP contribution in [-0.2, 0) is 11.3 Å². The smallest absolute Gasteiger partial charge is 0.261 e. The molecule has 1 N–H and O–H groups in total. The normalized spacial score (nSPS) is 12.9. The van der Waals surface area contributed by atoms with Gasteiger partial charge in [-0.15, -0.1) is 0 Å². The topological polar surface area (TPSA) is 75.7 Å². The van der Waals surface area contributed by atoms with Gasteiger partial charge in [0, 0.05) is 30.1 Å². The van der Waals surface area contributed by atoms with Crippen molar-refractivity contribution in [2.24, 2.45) is 0 Å². The van der Waals surface area contributed by atoms with E-state index >= 15 is 0 Å². The number of carbonyl (C=O) groups is 3. The quantitative estimate of drug-likeness (QED) is 0.791. The molecule has 0 aliphatic carbocycles. The van der Waals surface area contributed by atoms with Crippen LogP contribution in [-0.4, -0.2) is 36.3 Å². The molecule has 0 unspecified atom stereocenters. The van der Waals surface area contributed by atoms with E-state index in [9.17, 15) is 14.4 Å². The van der Waals surface area contributed by atoms with Crippen molar-refractivity contribution >= 4 is 29.3 Å². The Labute approximate surface area is 155 Å². The Morgan fingerprint density at radius 1 is 1.12 bits per heavy atom. The molecule has 2 aromatic carbocycles. The van der Waals surface area contributed by atoms with Gasteiger partial charge >= 0.3 is 0 Å². The highest BCUT2D eigenvalue weighted by atomic mass is 35.5. The molecule has 0 radical (unpaired) electrons. The summed E-state index contributed by atoms with van der Waals surface area (Å²) in [6.45, 7) is 0.322. The minimum atomic E-state index is -0.426. The minimum Gasteiger partial charge on any atom is -0.496 e. The lowest BCUT2D eigenvalue weighted by atomic mass is 10.1.